The molecule has 1 heterocycles. The second kappa shape index (κ2) is 4.37. The Balaban J connectivity index is 2.21. The molecule has 1 aromatic carbocycles. The van der Waals surface area contributed by atoms with Crippen molar-refractivity contribution in [1.82, 2.24) is 5.32 Å². The third-order valence-corrected chi connectivity index (χ3v) is 3.78. The zero-order chi connectivity index (χ0) is 10.8. The Labute approximate surface area is 89.1 Å². The molecule has 0 bridgehead atoms. The first kappa shape index (κ1) is 10.7. The van der Waals surface area contributed by atoms with Crippen LogP contribution in [0.15, 0.2) is 18.2 Å². The highest BCUT2D eigenvalue weighted by molar-refractivity contribution is 7.85. The van der Waals surface area contributed by atoms with E-state index in [-0.39, 0.29) is 6.04 Å². The highest BCUT2D eigenvalue weighted by Crippen LogP contribution is 2.19. The molecule has 1 aromatic rings. The number of rotatable bonds is 1. The van der Waals surface area contributed by atoms with Gasteiger partial charge in [-0.15, -0.1) is 0 Å². The molecular weight excluding hydrogens is 220 g/mol. The van der Waals surface area contributed by atoms with Crippen molar-refractivity contribution in [1.29, 1.82) is 0 Å². The van der Waals surface area contributed by atoms with E-state index in [2.05, 4.69) is 5.32 Å². The van der Waals surface area contributed by atoms with E-state index in [1.165, 1.54) is 6.07 Å². The topological polar surface area (TPSA) is 29.1 Å². The van der Waals surface area contributed by atoms with Crippen LogP contribution in [0.1, 0.15) is 11.6 Å². The minimum atomic E-state index is -0.861. The molecule has 1 aliphatic rings. The highest BCUT2D eigenvalue weighted by atomic mass is 32.2. The molecule has 2 nitrogen and oxygen atoms in total. The fraction of sp³-hybridized carbons (Fsp3) is 0.400. The summed E-state index contributed by atoms with van der Waals surface area (Å²) in [5, 5.41) is 3.13. The fourth-order valence-corrected chi connectivity index (χ4v) is 2.81. The van der Waals surface area contributed by atoms with Gasteiger partial charge in [-0.3, -0.25) is 4.21 Å². The largest absolute Gasteiger partial charge is 0.308 e. The zero-order valence-electron chi connectivity index (χ0n) is 8.00. The third kappa shape index (κ3) is 2.41. The van der Waals surface area contributed by atoms with Crippen LogP contribution in [0.4, 0.5) is 8.78 Å². The van der Waals surface area contributed by atoms with E-state index >= 15 is 0 Å². The van der Waals surface area contributed by atoms with Crippen LogP contribution in [0.2, 0.25) is 0 Å². The van der Waals surface area contributed by atoms with Crippen LogP contribution in [-0.4, -0.2) is 22.3 Å². The van der Waals surface area contributed by atoms with Gasteiger partial charge in [0.1, 0.15) is 0 Å². The fourth-order valence-electron chi connectivity index (χ4n) is 1.62. The van der Waals surface area contributed by atoms with Crippen molar-refractivity contribution in [3.05, 3.63) is 35.4 Å². The third-order valence-electron chi connectivity index (χ3n) is 2.42. The van der Waals surface area contributed by atoms with Gasteiger partial charge >= 0.3 is 0 Å². The molecule has 0 aliphatic carbocycles. The zero-order valence-corrected chi connectivity index (χ0v) is 8.82. The van der Waals surface area contributed by atoms with Crippen LogP contribution >= 0.6 is 0 Å². The molecule has 2 unspecified atom stereocenters. The van der Waals surface area contributed by atoms with E-state index in [1.54, 1.807) is 0 Å². The molecule has 0 amide bonds. The van der Waals surface area contributed by atoms with Gasteiger partial charge in [0.25, 0.3) is 0 Å². The maximum Gasteiger partial charge on any atom is 0.159 e. The van der Waals surface area contributed by atoms with Gasteiger partial charge in [0.2, 0.25) is 0 Å². The Morgan fingerprint density at radius 3 is 2.80 bits per heavy atom. The number of halogens is 2. The summed E-state index contributed by atoms with van der Waals surface area (Å²) in [5.41, 5.74) is 0.655. The lowest BCUT2D eigenvalue weighted by molar-refractivity contribution is 0.501. The van der Waals surface area contributed by atoms with Crippen molar-refractivity contribution in [2.24, 2.45) is 0 Å². The van der Waals surface area contributed by atoms with E-state index in [4.69, 9.17) is 0 Å². The van der Waals surface area contributed by atoms with Gasteiger partial charge < -0.3 is 5.32 Å². The molecule has 1 saturated heterocycles. The van der Waals surface area contributed by atoms with Crippen LogP contribution in [0, 0.1) is 11.6 Å². The molecule has 0 radical (unpaired) electrons. The second-order valence-electron chi connectivity index (χ2n) is 3.49. The number of hydrogen-bond acceptors (Lipinski definition) is 2. The summed E-state index contributed by atoms with van der Waals surface area (Å²) in [4.78, 5) is 0. The van der Waals surface area contributed by atoms with Gasteiger partial charge in [-0.05, 0) is 17.7 Å². The van der Waals surface area contributed by atoms with Crippen molar-refractivity contribution in [2.45, 2.75) is 6.04 Å². The molecule has 2 atom stereocenters. The molecule has 1 fully saturated rings. The van der Waals surface area contributed by atoms with E-state index in [1.807, 2.05) is 0 Å². The normalized spacial score (nSPS) is 26.5. The first-order valence-electron chi connectivity index (χ1n) is 4.70. The lowest BCUT2D eigenvalue weighted by Crippen LogP contribution is -2.36. The Morgan fingerprint density at radius 2 is 2.13 bits per heavy atom. The number of hydrogen-bond donors (Lipinski definition) is 1. The van der Waals surface area contributed by atoms with E-state index < -0.39 is 22.4 Å². The van der Waals surface area contributed by atoms with Gasteiger partial charge in [-0.2, -0.15) is 0 Å². The molecule has 1 aliphatic heterocycles. The number of nitrogens with one attached hydrogen (secondary N) is 1. The van der Waals surface area contributed by atoms with E-state index in [0.29, 0.717) is 23.6 Å². The maximum absolute atomic E-state index is 13.0. The van der Waals surface area contributed by atoms with Crippen LogP contribution < -0.4 is 5.32 Å². The first-order valence-corrected chi connectivity index (χ1v) is 6.19. The lowest BCUT2D eigenvalue weighted by atomic mass is 10.1. The summed E-state index contributed by atoms with van der Waals surface area (Å²) in [6.45, 7) is 0.649. The lowest BCUT2D eigenvalue weighted by Gasteiger charge is -2.23. The van der Waals surface area contributed by atoms with Gasteiger partial charge in [-0.25, -0.2) is 8.78 Å². The van der Waals surface area contributed by atoms with Crippen LogP contribution in [0.25, 0.3) is 0 Å². The summed E-state index contributed by atoms with van der Waals surface area (Å²) in [6.07, 6.45) is 0. The SMILES string of the molecule is O=S1CCNC(c2ccc(F)c(F)c2)C1. The van der Waals surface area contributed by atoms with Gasteiger partial charge in [0.15, 0.2) is 11.6 Å². The van der Waals surface area contributed by atoms with Crippen LogP contribution in [0.5, 0.6) is 0 Å². The van der Waals surface area contributed by atoms with Gasteiger partial charge in [0, 0.05) is 34.9 Å². The Kier molecular flexibility index (Phi) is 3.11. The Bertz CT molecular complexity index is 397. The van der Waals surface area contributed by atoms with Crippen molar-refractivity contribution in [2.75, 3.05) is 18.1 Å². The van der Waals surface area contributed by atoms with E-state index in [0.717, 1.165) is 12.1 Å². The summed E-state index contributed by atoms with van der Waals surface area (Å²) >= 11 is 0. The second-order valence-corrected chi connectivity index (χ2v) is 5.11. The average Bonchev–Trinajstić information content (AvgIpc) is 2.22. The summed E-state index contributed by atoms with van der Waals surface area (Å²) in [5.74, 6) is -0.619. The molecule has 15 heavy (non-hydrogen) atoms. The minimum Gasteiger partial charge on any atom is -0.308 e. The predicted molar refractivity (Wildman–Crippen MR) is 55.0 cm³/mol. The van der Waals surface area contributed by atoms with Crippen molar-refractivity contribution in [3.8, 4) is 0 Å². The highest BCUT2D eigenvalue weighted by Gasteiger charge is 2.20. The quantitative estimate of drug-likeness (QED) is 0.790. The first-order chi connectivity index (χ1) is 7.16. The average molecular weight is 231 g/mol. The molecule has 5 heteroatoms. The Morgan fingerprint density at radius 1 is 1.33 bits per heavy atom. The molecule has 0 saturated carbocycles. The van der Waals surface area contributed by atoms with E-state index in [9.17, 15) is 13.0 Å². The van der Waals surface area contributed by atoms with Crippen LogP contribution in [-0.2, 0) is 10.8 Å². The molecular formula is C10H11F2NOS. The molecule has 1 N–H and O–H groups in total. The van der Waals surface area contributed by atoms with Gasteiger partial charge in [0.05, 0.1) is 0 Å². The van der Waals surface area contributed by atoms with Crippen LogP contribution in [0.3, 0.4) is 0 Å². The summed E-state index contributed by atoms with van der Waals surface area (Å²) < 4.78 is 36.9. The molecule has 82 valence electrons. The smallest absolute Gasteiger partial charge is 0.159 e. The molecule has 0 spiro atoms. The predicted octanol–water partition coefficient (Wildman–Crippen LogP) is 1.36. The van der Waals surface area contributed by atoms with Crippen molar-refractivity contribution >= 4 is 10.8 Å². The molecule has 2 rings (SSSR count). The molecule has 0 aromatic heterocycles. The standard InChI is InChI=1S/C10H11F2NOS/c11-8-2-1-7(5-9(8)12)10-6-15(14)4-3-13-10/h1-2,5,10,13H,3-4,6H2. The summed E-state index contributed by atoms with van der Waals surface area (Å²) in [7, 11) is -0.861. The van der Waals surface area contributed by atoms with Crippen molar-refractivity contribution < 1.29 is 13.0 Å². The summed E-state index contributed by atoms with van der Waals surface area (Å²) in [6, 6.07) is 3.66. The maximum atomic E-state index is 13.0. The van der Waals surface area contributed by atoms with Gasteiger partial charge in [-0.1, -0.05) is 6.07 Å². The Hall–Kier alpha value is -0.810. The minimum absolute atomic E-state index is 0.130. The monoisotopic (exact) mass is 231 g/mol. The number of benzene rings is 1. The van der Waals surface area contributed by atoms with Crippen molar-refractivity contribution in [3.63, 3.8) is 0 Å².